The summed E-state index contributed by atoms with van der Waals surface area (Å²) >= 11 is 6.30. The van der Waals surface area contributed by atoms with E-state index in [-0.39, 0.29) is 17.0 Å². The van der Waals surface area contributed by atoms with Crippen molar-refractivity contribution in [2.45, 2.75) is 46.6 Å². The second-order valence-corrected chi connectivity index (χ2v) is 8.65. The minimum atomic E-state index is -1.11. The molecule has 1 aromatic carbocycles. The van der Waals surface area contributed by atoms with Crippen molar-refractivity contribution in [1.29, 1.82) is 0 Å². The van der Waals surface area contributed by atoms with Gasteiger partial charge in [-0.1, -0.05) is 76.6 Å². The number of hydrogen-bond donors (Lipinski definition) is 1. The van der Waals surface area contributed by atoms with Crippen LogP contribution in [0.5, 0.6) is 0 Å². The highest BCUT2D eigenvalue weighted by molar-refractivity contribution is 6.29. The van der Waals surface area contributed by atoms with Gasteiger partial charge in [0.2, 0.25) is 5.95 Å². The number of halogens is 1. The molecule has 28 heavy (non-hydrogen) atoms. The molecule has 3 aromatic rings. The molecule has 1 unspecified atom stereocenters. The lowest BCUT2D eigenvalue weighted by atomic mass is 9.81. The smallest absolute Gasteiger partial charge is 0.414 e. The van der Waals surface area contributed by atoms with Crippen LogP contribution in [0.25, 0.3) is 5.52 Å². The Hall–Kier alpha value is -2.60. The van der Waals surface area contributed by atoms with Crippen LogP contribution in [-0.4, -0.2) is 25.8 Å². The second-order valence-electron chi connectivity index (χ2n) is 8.26. The number of carboxylic acid groups (broad SMARTS) is 1. The Morgan fingerprint density at radius 3 is 2.39 bits per heavy atom. The van der Waals surface area contributed by atoms with Crippen LogP contribution in [0.3, 0.4) is 0 Å². The third-order valence-corrected chi connectivity index (χ3v) is 4.92. The van der Waals surface area contributed by atoms with Gasteiger partial charge in [0, 0.05) is 11.6 Å². The first-order valence-electron chi connectivity index (χ1n) is 9.22. The van der Waals surface area contributed by atoms with Crippen molar-refractivity contribution in [2.75, 3.05) is 4.90 Å². The molecule has 0 fully saturated rings. The Morgan fingerprint density at radius 2 is 1.86 bits per heavy atom. The van der Waals surface area contributed by atoms with Crippen molar-refractivity contribution >= 4 is 29.2 Å². The first-order valence-corrected chi connectivity index (χ1v) is 9.60. The number of nitrogens with zero attached hydrogens (tertiary/aromatic N) is 4. The SMILES string of the molecule is CC(C)c1cnn2c(N(C(=O)O)C(c3ccccc3)C(C)(C)C)nc(Cl)cc12. The first kappa shape index (κ1) is 20.1. The summed E-state index contributed by atoms with van der Waals surface area (Å²) in [5.41, 5.74) is 2.23. The summed E-state index contributed by atoms with van der Waals surface area (Å²) in [6.45, 7) is 10.1. The summed E-state index contributed by atoms with van der Waals surface area (Å²) in [5.74, 6) is 0.403. The molecule has 0 bridgehead atoms. The van der Waals surface area contributed by atoms with Gasteiger partial charge < -0.3 is 5.11 Å². The van der Waals surface area contributed by atoms with E-state index in [1.807, 2.05) is 51.1 Å². The van der Waals surface area contributed by atoms with Gasteiger partial charge in [0.05, 0.1) is 17.8 Å². The van der Waals surface area contributed by atoms with E-state index < -0.39 is 17.6 Å². The maximum Gasteiger partial charge on any atom is 0.414 e. The number of hydrogen-bond acceptors (Lipinski definition) is 3. The molecular formula is C21H25ClN4O2. The van der Waals surface area contributed by atoms with Crippen LogP contribution in [0, 0.1) is 5.41 Å². The molecule has 3 rings (SSSR count). The lowest BCUT2D eigenvalue weighted by Gasteiger charge is -2.38. The van der Waals surface area contributed by atoms with Crippen LogP contribution in [0.1, 0.15) is 57.7 Å². The normalized spacial score (nSPS) is 13.1. The number of fused-ring (bicyclic) bond motifs is 1. The summed E-state index contributed by atoms with van der Waals surface area (Å²) in [7, 11) is 0. The summed E-state index contributed by atoms with van der Waals surface area (Å²) in [6, 6.07) is 10.8. The van der Waals surface area contributed by atoms with Gasteiger partial charge in [-0.05, 0) is 16.9 Å². The Bertz CT molecular complexity index is 993. The van der Waals surface area contributed by atoms with Crippen LogP contribution >= 0.6 is 11.6 Å². The summed E-state index contributed by atoms with van der Waals surface area (Å²) in [6.07, 6.45) is 0.636. The van der Waals surface area contributed by atoms with Crippen LogP contribution in [0.15, 0.2) is 42.6 Å². The third-order valence-electron chi connectivity index (χ3n) is 4.73. The number of anilines is 1. The zero-order valence-electron chi connectivity index (χ0n) is 16.7. The van der Waals surface area contributed by atoms with Gasteiger partial charge in [-0.3, -0.25) is 0 Å². The molecule has 0 saturated heterocycles. The zero-order chi connectivity index (χ0) is 20.6. The van der Waals surface area contributed by atoms with Crippen molar-refractivity contribution in [3.63, 3.8) is 0 Å². The van der Waals surface area contributed by atoms with Crippen LogP contribution in [-0.2, 0) is 0 Å². The molecule has 1 atom stereocenters. The van der Waals surface area contributed by atoms with Crippen molar-refractivity contribution < 1.29 is 9.90 Å². The van der Waals surface area contributed by atoms with Crippen molar-refractivity contribution in [3.05, 3.63) is 58.9 Å². The third kappa shape index (κ3) is 3.69. The fourth-order valence-corrected chi connectivity index (χ4v) is 3.73. The molecule has 2 heterocycles. The molecule has 0 saturated carbocycles. The highest BCUT2D eigenvalue weighted by Crippen LogP contribution is 2.40. The number of carbonyl (C=O) groups is 1. The monoisotopic (exact) mass is 400 g/mol. The van der Waals surface area contributed by atoms with Crippen molar-refractivity contribution in [3.8, 4) is 0 Å². The quantitative estimate of drug-likeness (QED) is 0.563. The Kier molecular flexibility index (Phi) is 5.35. The van der Waals surface area contributed by atoms with Crippen LogP contribution < -0.4 is 4.90 Å². The molecule has 1 N–H and O–H groups in total. The molecule has 0 spiro atoms. The Labute approximate surface area is 169 Å². The van der Waals surface area contributed by atoms with Crippen LogP contribution in [0.2, 0.25) is 5.15 Å². The Balaban J connectivity index is 2.29. The van der Waals surface area contributed by atoms with Crippen LogP contribution in [0.4, 0.5) is 10.7 Å². The molecule has 0 aliphatic heterocycles. The molecule has 7 heteroatoms. The predicted molar refractivity (Wildman–Crippen MR) is 111 cm³/mol. The number of rotatable bonds is 4. The second kappa shape index (κ2) is 7.43. The predicted octanol–water partition coefficient (Wildman–Crippen LogP) is 5.78. The van der Waals surface area contributed by atoms with Gasteiger partial charge in [0.25, 0.3) is 0 Å². The molecule has 2 aromatic heterocycles. The van der Waals surface area contributed by atoms with Gasteiger partial charge >= 0.3 is 6.09 Å². The summed E-state index contributed by atoms with van der Waals surface area (Å²) < 4.78 is 1.57. The average molecular weight is 401 g/mol. The van der Waals surface area contributed by atoms with Crippen molar-refractivity contribution in [1.82, 2.24) is 14.6 Å². The minimum absolute atomic E-state index is 0.186. The van der Waals surface area contributed by atoms with Gasteiger partial charge in [-0.25, -0.2) is 14.7 Å². The first-order chi connectivity index (χ1) is 13.1. The topological polar surface area (TPSA) is 70.7 Å². The van der Waals surface area contributed by atoms with E-state index in [1.165, 1.54) is 4.90 Å². The van der Waals surface area contributed by atoms with Gasteiger partial charge in [0.15, 0.2) is 0 Å². The summed E-state index contributed by atoms with van der Waals surface area (Å²) in [4.78, 5) is 18.1. The fraction of sp³-hybridized carbons (Fsp3) is 0.381. The van der Waals surface area contributed by atoms with E-state index in [1.54, 1.807) is 16.8 Å². The number of amides is 1. The number of aromatic nitrogens is 3. The van der Waals surface area contributed by atoms with Crippen molar-refractivity contribution in [2.24, 2.45) is 5.41 Å². The van der Waals surface area contributed by atoms with E-state index in [9.17, 15) is 9.90 Å². The molecule has 148 valence electrons. The Morgan fingerprint density at radius 1 is 1.21 bits per heavy atom. The van der Waals surface area contributed by atoms with E-state index >= 15 is 0 Å². The molecule has 0 radical (unpaired) electrons. The lowest BCUT2D eigenvalue weighted by Crippen LogP contribution is -2.42. The lowest BCUT2D eigenvalue weighted by molar-refractivity contribution is 0.188. The largest absolute Gasteiger partial charge is 0.465 e. The fourth-order valence-electron chi connectivity index (χ4n) is 3.55. The highest BCUT2D eigenvalue weighted by atomic mass is 35.5. The van der Waals surface area contributed by atoms with E-state index in [4.69, 9.17) is 11.6 Å². The molecular weight excluding hydrogens is 376 g/mol. The van der Waals surface area contributed by atoms with E-state index in [0.717, 1.165) is 16.6 Å². The van der Waals surface area contributed by atoms with Gasteiger partial charge in [-0.15, -0.1) is 0 Å². The average Bonchev–Trinajstić information content (AvgIpc) is 3.02. The number of benzene rings is 1. The molecule has 0 aliphatic carbocycles. The van der Waals surface area contributed by atoms with E-state index in [0.29, 0.717) is 0 Å². The summed E-state index contributed by atoms with van der Waals surface area (Å²) in [5, 5.41) is 14.9. The zero-order valence-corrected chi connectivity index (χ0v) is 17.5. The molecule has 6 nitrogen and oxygen atoms in total. The highest BCUT2D eigenvalue weighted by Gasteiger charge is 2.38. The molecule has 0 aliphatic rings. The van der Waals surface area contributed by atoms with E-state index in [2.05, 4.69) is 23.9 Å². The van der Waals surface area contributed by atoms with Gasteiger partial charge in [0.1, 0.15) is 5.15 Å². The van der Waals surface area contributed by atoms with Gasteiger partial charge in [-0.2, -0.15) is 9.61 Å². The minimum Gasteiger partial charge on any atom is -0.465 e. The standard InChI is InChI=1S/C21H25ClN4O2/c1-13(2)15-12-23-26-16(15)11-17(22)24-19(26)25(20(27)28)18(21(3,4)5)14-9-7-6-8-10-14/h6-13,18H,1-5H3,(H,27,28). The molecule has 1 amide bonds. The maximum absolute atomic E-state index is 12.5. The maximum atomic E-state index is 12.5.